The van der Waals surface area contributed by atoms with E-state index in [4.69, 9.17) is 19.9 Å². The molecule has 88 heavy (non-hydrogen) atoms. The Bertz CT molecular complexity index is 5780. The molecular formula is C82H50N6. The molecule has 408 valence electrons. The summed E-state index contributed by atoms with van der Waals surface area (Å²) in [5.74, 6) is 2.35. The first-order valence-corrected chi connectivity index (χ1v) is 29.9. The molecule has 15 aromatic carbocycles. The van der Waals surface area contributed by atoms with Gasteiger partial charge in [0.15, 0.2) is 5.82 Å². The smallest absolute Gasteiger partial charge is 0.160 e. The molecule has 3 heterocycles. The maximum Gasteiger partial charge on any atom is 0.160 e. The van der Waals surface area contributed by atoms with E-state index in [0.717, 1.165) is 106 Å². The molecule has 0 aliphatic heterocycles. The molecule has 0 spiro atoms. The number of aromatic nitrogens is 6. The highest BCUT2D eigenvalue weighted by molar-refractivity contribution is 6.27. The van der Waals surface area contributed by atoms with E-state index in [1.807, 2.05) is 6.07 Å². The predicted octanol–water partition coefficient (Wildman–Crippen LogP) is 21.2. The van der Waals surface area contributed by atoms with E-state index in [-0.39, 0.29) is 0 Å². The van der Waals surface area contributed by atoms with Crippen LogP contribution in [0.2, 0.25) is 0 Å². The lowest BCUT2D eigenvalue weighted by molar-refractivity contribution is 1.10. The van der Waals surface area contributed by atoms with E-state index in [1.54, 1.807) is 0 Å². The first-order valence-electron chi connectivity index (χ1n) is 29.9. The highest BCUT2D eigenvalue weighted by Gasteiger charge is 2.22. The quantitative estimate of drug-likeness (QED) is 0.142. The Morgan fingerprint density at radius 2 is 0.568 bits per heavy atom. The van der Waals surface area contributed by atoms with Crippen molar-refractivity contribution in [2.24, 2.45) is 0 Å². The van der Waals surface area contributed by atoms with Crippen molar-refractivity contribution in [2.45, 2.75) is 0 Å². The Balaban J connectivity index is 0.892. The second-order valence-electron chi connectivity index (χ2n) is 22.9. The molecule has 18 aromatic rings. The fourth-order valence-electron chi connectivity index (χ4n) is 13.8. The number of rotatable bonds is 8. The van der Waals surface area contributed by atoms with Crippen molar-refractivity contribution in [1.82, 2.24) is 29.1 Å². The Kier molecular flexibility index (Phi) is 11.2. The Labute approximate surface area is 506 Å². The van der Waals surface area contributed by atoms with E-state index in [9.17, 15) is 0 Å². The normalized spacial score (nSPS) is 11.9. The van der Waals surface area contributed by atoms with Crippen molar-refractivity contribution < 1.29 is 0 Å². The van der Waals surface area contributed by atoms with Crippen molar-refractivity contribution in [3.63, 3.8) is 0 Å². The van der Waals surface area contributed by atoms with Gasteiger partial charge in [-0.1, -0.05) is 231 Å². The number of fused-ring (bicyclic) bond motifs is 15. The summed E-state index contributed by atoms with van der Waals surface area (Å²) in [7, 11) is 0. The zero-order valence-electron chi connectivity index (χ0n) is 47.6. The number of imidazole rings is 2. The van der Waals surface area contributed by atoms with Gasteiger partial charge in [0, 0.05) is 44.6 Å². The summed E-state index contributed by atoms with van der Waals surface area (Å²) in [6.45, 7) is 0. The highest BCUT2D eigenvalue weighted by Crippen LogP contribution is 2.45. The third-order valence-corrected chi connectivity index (χ3v) is 17.9. The van der Waals surface area contributed by atoms with Gasteiger partial charge >= 0.3 is 0 Å². The van der Waals surface area contributed by atoms with Crippen molar-refractivity contribution in [3.8, 4) is 79.0 Å². The molecule has 0 aliphatic rings. The van der Waals surface area contributed by atoms with E-state index in [0.29, 0.717) is 5.82 Å². The van der Waals surface area contributed by atoms with Crippen LogP contribution in [-0.2, 0) is 0 Å². The molecule has 18 rings (SSSR count). The second kappa shape index (κ2) is 19.9. The van der Waals surface area contributed by atoms with Gasteiger partial charge in [0.25, 0.3) is 0 Å². The lowest BCUT2D eigenvalue weighted by Gasteiger charge is -2.17. The molecule has 6 nitrogen and oxygen atoms in total. The van der Waals surface area contributed by atoms with E-state index < -0.39 is 0 Å². The summed E-state index contributed by atoms with van der Waals surface area (Å²) in [5, 5.41) is 15.7. The monoisotopic (exact) mass is 1120 g/mol. The van der Waals surface area contributed by atoms with Crippen LogP contribution in [0.3, 0.4) is 0 Å². The molecule has 0 bridgehead atoms. The first-order chi connectivity index (χ1) is 43.6. The van der Waals surface area contributed by atoms with Crippen molar-refractivity contribution in [3.05, 3.63) is 303 Å². The molecule has 0 amide bonds. The zero-order chi connectivity index (χ0) is 57.8. The van der Waals surface area contributed by atoms with Gasteiger partial charge in [0.1, 0.15) is 11.6 Å². The molecule has 0 fully saturated rings. The number of hydrogen-bond donors (Lipinski definition) is 0. The molecule has 0 saturated carbocycles. The lowest BCUT2D eigenvalue weighted by atomic mass is 9.88. The maximum atomic E-state index is 5.75. The molecule has 0 atom stereocenters. The topological polar surface area (TPSA) is 61.4 Å². The van der Waals surface area contributed by atoms with Gasteiger partial charge in [0.2, 0.25) is 0 Å². The number of para-hydroxylation sites is 6. The van der Waals surface area contributed by atoms with Gasteiger partial charge in [-0.2, -0.15) is 0 Å². The summed E-state index contributed by atoms with van der Waals surface area (Å²) >= 11 is 0. The summed E-state index contributed by atoms with van der Waals surface area (Å²) in [4.78, 5) is 22.0. The standard InChI is InChI=1S/C82H50N6/c1-3-19-58(20-4-1)87-76-33-17-15-31-74(76)83-81(87)53-39-35-51(36-40-53)78-73-50-57(55-43-45-68-64-27-9-7-23-60(64)62-25-11-13-29-66(62)71(68)47-55)49-70(56-44-46-69-65-28-10-8-24-61(65)63-26-12-14-30-67(63)72(69)48-56)79(73)86-80(85-78)52-37-41-54(42-38-52)82-84-75-32-16-18-34-77(75)88(82)59-21-5-2-6-22-59/h1-50H. The molecule has 3 aromatic heterocycles. The van der Waals surface area contributed by atoms with E-state index >= 15 is 0 Å². The number of hydrogen-bond acceptors (Lipinski definition) is 4. The third-order valence-electron chi connectivity index (χ3n) is 17.9. The lowest BCUT2D eigenvalue weighted by Crippen LogP contribution is -1.99. The van der Waals surface area contributed by atoms with Crippen molar-refractivity contribution in [1.29, 1.82) is 0 Å². The van der Waals surface area contributed by atoms with E-state index in [2.05, 4.69) is 306 Å². The Morgan fingerprint density at radius 1 is 0.216 bits per heavy atom. The Morgan fingerprint density at radius 3 is 1.05 bits per heavy atom. The molecule has 0 aliphatic carbocycles. The van der Waals surface area contributed by atoms with Gasteiger partial charge in [-0.15, -0.1) is 0 Å². The van der Waals surface area contributed by atoms with Crippen LogP contribution in [0.4, 0.5) is 0 Å². The van der Waals surface area contributed by atoms with Crippen LogP contribution in [0, 0.1) is 0 Å². The van der Waals surface area contributed by atoms with Crippen LogP contribution in [-0.4, -0.2) is 29.1 Å². The van der Waals surface area contributed by atoms with Crippen molar-refractivity contribution in [2.75, 3.05) is 0 Å². The molecule has 0 saturated heterocycles. The van der Waals surface area contributed by atoms with Crippen LogP contribution in [0.1, 0.15) is 0 Å². The number of nitrogens with zero attached hydrogens (tertiary/aromatic N) is 6. The molecule has 0 unspecified atom stereocenters. The van der Waals surface area contributed by atoms with Crippen molar-refractivity contribution >= 4 is 97.6 Å². The zero-order valence-corrected chi connectivity index (χ0v) is 47.6. The molecule has 6 heteroatoms. The minimum absolute atomic E-state index is 0.621. The maximum absolute atomic E-state index is 5.75. The van der Waals surface area contributed by atoms with Gasteiger partial charge in [-0.25, -0.2) is 19.9 Å². The van der Waals surface area contributed by atoms with E-state index in [1.165, 1.54) is 64.6 Å². The van der Waals surface area contributed by atoms with Gasteiger partial charge in [0.05, 0.1) is 33.3 Å². The Hall–Kier alpha value is -11.9. The fraction of sp³-hybridized carbons (Fsp3) is 0. The fourth-order valence-corrected chi connectivity index (χ4v) is 13.8. The number of benzene rings is 15. The molecular weight excluding hydrogens is 1070 g/mol. The minimum Gasteiger partial charge on any atom is -0.292 e. The predicted molar refractivity (Wildman–Crippen MR) is 366 cm³/mol. The summed E-state index contributed by atoms with van der Waals surface area (Å²) in [6, 6.07) is 109. The average molecular weight is 1120 g/mol. The van der Waals surface area contributed by atoms with Crippen LogP contribution >= 0.6 is 0 Å². The van der Waals surface area contributed by atoms with Gasteiger partial charge in [-0.3, -0.25) is 9.13 Å². The minimum atomic E-state index is 0.621. The second-order valence-corrected chi connectivity index (χ2v) is 22.9. The molecule has 0 N–H and O–H groups in total. The highest BCUT2D eigenvalue weighted by atomic mass is 15.1. The van der Waals surface area contributed by atoms with Gasteiger partial charge < -0.3 is 0 Å². The van der Waals surface area contributed by atoms with Crippen LogP contribution in [0.5, 0.6) is 0 Å². The molecule has 0 radical (unpaired) electrons. The average Bonchev–Trinajstić information content (AvgIpc) is 2.41. The third kappa shape index (κ3) is 7.89. The van der Waals surface area contributed by atoms with Crippen LogP contribution < -0.4 is 0 Å². The van der Waals surface area contributed by atoms with Crippen LogP contribution in [0.25, 0.3) is 177 Å². The summed E-state index contributed by atoms with van der Waals surface area (Å²) in [6.07, 6.45) is 0. The SMILES string of the molecule is c1ccc(-n2c(-c3ccc(-c4nc(-c5ccc(-c6nc7ccccc7n6-c6ccccc6)cc5)c5cc(-c6ccc7c8ccccc8c8ccccc8c7c6)cc(-c6ccc7c8ccccc8c8ccccc8c7c6)c5n4)cc3)nc3ccccc32)cc1. The largest absolute Gasteiger partial charge is 0.292 e. The van der Waals surface area contributed by atoms with Gasteiger partial charge in [-0.05, 0) is 154 Å². The summed E-state index contributed by atoms with van der Waals surface area (Å²) < 4.78 is 4.50. The first kappa shape index (κ1) is 49.6. The summed E-state index contributed by atoms with van der Waals surface area (Å²) in [5.41, 5.74) is 15.8. The van der Waals surface area contributed by atoms with Crippen LogP contribution in [0.15, 0.2) is 303 Å².